The number of rotatable bonds is 3. The van der Waals surface area contributed by atoms with E-state index in [1.807, 2.05) is 18.7 Å². The average molecular weight is 442 g/mol. The Balaban J connectivity index is 1.41. The van der Waals surface area contributed by atoms with E-state index in [2.05, 4.69) is 5.10 Å². The largest absolute Gasteiger partial charge is 0.372 e. The molecule has 32 heavy (non-hydrogen) atoms. The Morgan fingerprint density at radius 1 is 0.969 bits per heavy atom. The monoisotopic (exact) mass is 442 g/mol. The number of hydrogen-bond acceptors (Lipinski definition) is 5. The molecule has 2 amide bonds. The number of aromatic nitrogens is 2. The summed E-state index contributed by atoms with van der Waals surface area (Å²) in [5.41, 5.74) is 0.102. The Bertz CT molecular complexity index is 1040. The van der Waals surface area contributed by atoms with Crippen molar-refractivity contribution in [3.8, 4) is 5.69 Å². The lowest BCUT2D eigenvalue weighted by Gasteiger charge is -2.39. The van der Waals surface area contributed by atoms with Crippen LogP contribution in [0.1, 0.15) is 37.2 Å². The third-order valence-electron chi connectivity index (χ3n) is 5.95. The molecule has 2 saturated heterocycles. The maximum atomic E-state index is 13.2. The van der Waals surface area contributed by atoms with Crippen molar-refractivity contribution in [3.05, 3.63) is 58.3 Å². The number of hydrogen-bond donors (Lipinski definition) is 0. The van der Waals surface area contributed by atoms with E-state index in [1.54, 1.807) is 4.90 Å². The molecule has 2 atom stereocenters. The van der Waals surface area contributed by atoms with Crippen molar-refractivity contribution in [1.29, 1.82) is 0 Å². The van der Waals surface area contributed by atoms with Crippen LogP contribution in [0.25, 0.3) is 5.69 Å². The summed E-state index contributed by atoms with van der Waals surface area (Å²) < 4.78 is 20.0. The molecule has 2 aliphatic heterocycles. The molecule has 3 heterocycles. The average Bonchev–Trinajstić information content (AvgIpc) is 2.78. The molecular formula is C23H27FN4O4. The summed E-state index contributed by atoms with van der Waals surface area (Å²) >= 11 is 0. The highest BCUT2D eigenvalue weighted by Crippen LogP contribution is 2.23. The molecule has 1 aromatic heterocycles. The van der Waals surface area contributed by atoms with Crippen molar-refractivity contribution >= 4 is 11.8 Å². The number of ether oxygens (including phenoxy) is 1. The zero-order valence-corrected chi connectivity index (χ0v) is 18.2. The van der Waals surface area contributed by atoms with E-state index in [0.29, 0.717) is 44.7 Å². The van der Waals surface area contributed by atoms with Gasteiger partial charge in [-0.05, 0) is 57.0 Å². The first-order chi connectivity index (χ1) is 15.3. The lowest BCUT2D eigenvalue weighted by molar-refractivity contribution is -0.148. The van der Waals surface area contributed by atoms with Crippen LogP contribution in [0.15, 0.2) is 41.2 Å². The van der Waals surface area contributed by atoms with E-state index >= 15 is 0 Å². The van der Waals surface area contributed by atoms with E-state index in [9.17, 15) is 18.8 Å². The van der Waals surface area contributed by atoms with Crippen LogP contribution in [0.5, 0.6) is 0 Å². The quantitative estimate of drug-likeness (QED) is 0.725. The molecule has 0 aliphatic carbocycles. The van der Waals surface area contributed by atoms with Gasteiger partial charge in [-0.3, -0.25) is 14.4 Å². The van der Waals surface area contributed by atoms with Crippen molar-refractivity contribution in [2.24, 2.45) is 5.92 Å². The second-order valence-electron chi connectivity index (χ2n) is 8.51. The smallest absolute Gasteiger partial charge is 0.274 e. The van der Waals surface area contributed by atoms with Crippen LogP contribution in [0.2, 0.25) is 0 Å². The van der Waals surface area contributed by atoms with Crippen LogP contribution in [-0.2, 0) is 9.53 Å². The molecule has 4 rings (SSSR count). The lowest BCUT2D eigenvalue weighted by Crippen LogP contribution is -2.51. The Morgan fingerprint density at radius 2 is 1.59 bits per heavy atom. The van der Waals surface area contributed by atoms with Gasteiger partial charge < -0.3 is 14.5 Å². The van der Waals surface area contributed by atoms with Gasteiger partial charge in [-0.1, -0.05) is 0 Å². The van der Waals surface area contributed by atoms with Crippen LogP contribution in [-0.4, -0.2) is 69.8 Å². The molecular weight excluding hydrogens is 415 g/mol. The highest BCUT2D eigenvalue weighted by Gasteiger charge is 2.34. The molecule has 0 spiro atoms. The molecule has 2 unspecified atom stereocenters. The van der Waals surface area contributed by atoms with Gasteiger partial charge in [0.2, 0.25) is 5.91 Å². The molecule has 0 N–H and O–H groups in total. The van der Waals surface area contributed by atoms with Crippen molar-refractivity contribution in [2.45, 2.75) is 38.9 Å². The standard InChI is InChI=1S/C23H27FN4O4/c1-15-13-27(14-16(2)32-15)22(30)17-9-11-26(12-10-17)23(31)20-7-8-21(29)28(25-20)19-5-3-18(24)4-6-19/h3-8,15-17H,9-14H2,1-2H3. The summed E-state index contributed by atoms with van der Waals surface area (Å²) in [6.45, 7) is 6.02. The first kappa shape index (κ1) is 22.1. The van der Waals surface area contributed by atoms with Gasteiger partial charge >= 0.3 is 0 Å². The molecule has 0 saturated carbocycles. The number of carbonyl (C=O) groups excluding carboxylic acids is 2. The Labute approximate surface area is 185 Å². The number of benzene rings is 1. The van der Waals surface area contributed by atoms with E-state index in [1.165, 1.54) is 36.4 Å². The fraction of sp³-hybridized carbons (Fsp3) is 0.478. The SMILES string of the molecule is CC1CN(C(=O)C2CCN(C(=O)c3ccc(=O)n(-c4ccc(F)cc4)n3)CC2)CC(C)O1. The van der Waals surface area contributed by atoms with Crippen LogP contribution in [0.3, 0.4) is 0 Å². The van der Waals surface area contributed by atoms with Crippen LogP contribution < -0.4 is 5.56 Å². The Hall–Kier alpha value is -3.07. The molecule has 170 valence electrons. The Kier molecular flexibility index (Phi) is 6.36. The number of amides is 2. The number of likely N-dealkylation sites (tertiary alicyclic amines) is 1. The highest BCUT2D eigenvalue weighted by molar-refractivity contribution is 5.92. The summed E-state index contributed by atoms with van der Waals surface area (Å²) in [7, 11) is 0. The molecule has 8 nitrogen and oxygen atoms in total. The van der Waals surface area contributed by atoms with Gasteiger partial charge in [0.05, 0.1) is 17.9 Å². The third kappa shape index (κ3) is 4.72. The molecule has 9 heteroatoms. The van der Waals surface area contributed by atoms with Crippen LogP contribution in [0, 0.1) is 11.7 Å². The minimum absolute atomic E-state index is 0.0206. The van der Waals surface area contributed by atoms with E-state index in [4.69, 9.17) is 4.74 Å². The first-order valence-corrected chi connectivity index (χ1v) is 10.9. The fourth-order valence-corrected chi connectivity index (χ4v) is 4.40. The van der Waals surface area contributed by atoms with E-state index in [0.717, 1.165) is 4.68 Å². The zero-order valence-electron chi connectivity index (χ0n) is 18.2. The number of morpholine rings is 1. The molecule has 0 radical (unpaired) electrons. The normalized spacial score (nSPS) is 22.1. The fourth-order valence-electron chi connectivity index (χ4n) is 4.40. The minimum atomic E-state index is -0.424. The van der Waals surface area contributed by atoms with Gasteiger partial charge in [-0.2, -0.15) is 9.78 Å². The van der Waals surface area contributed by atoms with Crippen LogP contribution >= 0.6 is 0 Å². The summed E-state index contributed by atoms with van der Waals surface area (Å²) in [5.74, 6) is -0.701. The van der Waals surface area contributed by atoms with Gasteiger partial charge in [0.25, 0.3) is 11.5 Å². The van der Waals surface area contributed by atoms with Gasteiger partial charge in [0.15, 0.2) is 0 Å². The van der Waals surface area contributed by atoms with Gasteiger partial charge in [-0.25, -0.2) is 4.39 Å². The predicted octanol–water partition coefficient (Wildman–Crippen LogP) is 1.86. The second-order valence-corrected chi connectivity index (χ2v) is 8.51. The highest BCUT2D eigenvalue weighted by atomic mass is 19.1. The molecule has 2 aromatic rings. The summed E-state index contributed by atoms with van der Waals surface area (Å²) in [6.07, 6.45) is 1.21. The lowest BCUT2D eigenvalue weighted by atomic mass is 9.94. The van der Waals surface area contributed by atoms with Gasteiger partial charge in [-0.15, -0.1) is 0 Å². The predicted molar refractivity (Wildman–Crippen MR) is 115 cm³/mol. The third-order valence-corrected chi connectivity index (χ3v) is 5.95. The molecule has 0 bridgehead atoms. The Morgan fingerprint density at radius 3 is 2.22 bits per heavy atom. The second kappa shape index (κ2) is 9.20. The maximum absolute atomic E-state index is 13.2. The van der Waals surface area contributed by atoms with E-state index < -0.39 is 11.4 Å². The number of halogens is 1. The molecule has 1 aromatic carbocycles. The van der Waals surface area contributed by atoms with Crippen molar-refractivity contribution in [2.75, 3.05) is 26.2 Å². The van der Waals surface area contributed by atoms with Crippen LogP contribution in [0.4, 0.5) is 4.39 Å². The van der Waals surface area contributed by atoms with Gasteiger partial charge in [0, 0.05) is 38.2 Å². The van der Waals surface area contributed by atoms with Gasteiger partial charge in [0.1, 0.15) is 11.5 Å². The number of piperidine rings is 1. The summed E-state index contributed by atoms with van der Waals surface area (Å²) in [4.78, 5) is 41.7. The van der Waals surface area contributed by atoms with Crippen molar-refractivity contribution < 1.29 is 18.7 Å². The topological polar surface area (TPSA) is 84.7 Å². The number of nitrogens with zero attached hydrogens (tertiary/aromatic N) is 4. The summed E-state index contributed by atoms with van der Waals surface area (Å²) in [6, 6.07) is 8.01. The van der Waals surface area contributed by atoms with Crippen molar-refractivity contribution in [1.82, 2.24) is 19.6 Å². The maximum Gasteiger partial charge on any atom is 0.274 e. The first-order valence-electron chi connectivity index (χ1n) is 10.9. The summed E-state index contributed by atoms with van der Waals surface area (Å²) in [5, 5.41) is 4.19. The molecule has 2 fully saturated rings. The van der Waals surface area contributed by atoms with Crippen molar-refractivity contribution in [3.63, 3.8) is 0 Å². The zero-order chi connectivity index (χ0) is 22.8. The molecule has 2 aliphatic rings. The number of carbonyl (C=O) groups is 2. The van der Waals surface area contributed by atoms with E-state index in [-0.39, 0.29) is 35.6 Å². The minimum Gasteiger partial charge on any atom is -0.372 e.